The minimum absolute atomic E-state index is 0.0887. The highest BCUT2D eigenvalue weighted by Crippen LogP contribution is 2.20. The van der Waals surface area contributed by atoms with Crippen LogP contribution < -0.4 is 5.73 Å². The van der Waals surface area contributed by atoms with Gasteiger partial charge in [0.25, 0.3) is 0 Å². The number of aliphatic hydroxyl groups is 1. The van der Waals surface area contributed by atoms with Crippen LogP contribution in [-0.2, 0) is 0 Å². The maximum atomic E-state index is 9.09. The van der Waals surface area contributed by atoms with Gasteiger partial charge in [0.2, 0.25) is 0 Å². The zero-order valence-corrected chi connectivity index (χ0v) is 10.4. The minimum Gasteiger partial charge on any atom is -0.394 e. The lowest BCUT2D eigenvalue weighted by Crippen LogP contribution is -2.17. The fourth-order valence-corrected chi connectivity index (χ4v) is 2.04. The van der Waals surface area contributed by atoms with Gasteiger partial charge in [-0.3, -0.25) is 0 Å². The van der Waals surface area contributed by atoms with Crippen LogP contribution in [0.25, 0.3) is 5.69 Å². The Morgan fingerprint density at radius 1 is 1.41 bits per heavy atom. The molecule has 90 valence electrons. The standard InChI is InChI=1S/C12H15N3OS/c1-17-10-4-2-9(3-5-10)15-8-14-6-12(15)11(13)7-16/h2-6,8,11,16H,7,13H2,1H3. The van der Waals surface area contributed by atoms with Crippen molar-refractivity contribution in [3.8, 4) is 5.69 Å². The van der Waals surface area contributed by atoms with Gasteiger partial charge in [-0.25, -0.2) is 4.98 Å². The smallest absolute Gasteiger partial charge is 0.0994 e. The highest BCUT2D eigenvalue weighted by atomic mass is 32.2. The highest BCUT2D eigenvalue weighted by Gasteiger charge is 2.11. The molecular formula is C12H15N3OS. The van der Waals surface area contributed by atoms with Crippen molar-refractivity contribution in [1.82, 2.24) is 9.55 Å². The van der Waals surface area contributed by atoms with Crippen LogP contribution in [-0.4, -0.2) is 27.5 Å². The summed E-state index contributed by atoms with van der Waals surface area (Å²) in [5.74, 6) is 0. The second-order valence-electron chi connectivity index (χ2n) is 3.68. The van der Waals surface area contributed by atoms with Crippen molar-refractivity contribution in [3.05, 3.63) is 42.5 Å². The molecule has 0 fully saturated rings. The molecule has 5 heteroatoms. The van der Waals surface area contributed by atoms with Gasteiger partial charge in [-0.1, -0.05) is 0 Å². The average molecular weight is 249 g/mol. The van der Waals surface area contributed by atoms with Gasteiger partial charge < -0.3 is 15.4 Å². The number of nitrogens with two attached hydrogens (primary N) is 1. The lowest BCUT2D eigenvalue weighted by molar-refractivity contribution is 0.265. The molecule has 0 spiro atoms. The molecule has 0 bridgehead atoms. The van der Waals surface area contributed by atoms with Crippen molar-refractivity contribution in [2.45, 2.75) is 10.9 Å². The highest BCUT2D eigenvalue weighted by molar-refractivity contribution is 7.98. The Kier molecular flexibility index (Phi) is 3.83. The molecular weight excluding hydrogens is 234 g/mol. The quantitative estimate of drug-likeness (QED) is 0.808. The molecule has 0 aliphatic carbocycles. The normalized spacial score (nSPS) is 12.6. The molecule has 1 heterocycles. The molecule has 0 aliphatic heterocycles. The predicted octanol–water partition coefficient (Wildman–Crippen LogP) is 1.59. The summed E-state index contributed by atoms with van der Waals surface area (Å²) in [4.78, 5) is 5.29. The second kappa shape index (κ2) is 5.35. The van der Waals surface area contributed by atoms with E-state index >= 15 is 0 Å². The summed E-state index contributed by atoms with van der Waals surface area (Å²) in [5.41, 5.74) is 7.63. The Morgan fingerprint density at radius 2 is 2.12 bits per heavy atom. The third-order valence-electron chi connectivity index (χ3n) is 2.59. The zero-order chi connectivity index (χ0) is 12.3. The predicted molar refractivity (Wildman–Crippen MR) is 69.4 cm³/mol. The molecule has 1 aromatic carbocycles. The van der Waals surface area contributed by atoms with Crippen LogP contribution >= 0.6 is 11.8 Å². The number of aliphatic hydroxyl groups excluding tert-OH is 1. The van der Waals surface area contributed by atoms with Crippen LogP contribution in [0, 0.1) is 0 Å². The summed E-state index contributed by atoms with van der Waals surface area (Å²) in [6, 6.07) is 7.72. The average Bonchev–Trinajstić information content (AvgIpc) is 2.87. The first-order valence-electron chi connectivity index (χ1n) is 5.29. The number of nitrogens with zero attached hydrogens (tertiary/aromatic N) is 2. The van der Waals surface area contributed by atoms with E-state index in [2.05, 4.69) is 4.98 Å². The molecule has 1 unspecified atom stereocenters. The number of rotatable bonds is 4. The molecule has 0 radical (unpaired) electrons. The van der Waals surface area contributed by atoms with E-state index in [1.54, 1.807) is 24.3 Å². The molecule has 1 aromatic heterocycles. The largest absolute Gasteiger partial charge is 0.394 e. The Balaban J connectivity index is 2.35. The molecule has 17 heavy (non-hydrogen) atoms. The minimum atomic E-state index is -0.405. The van der Waals surface area contributed by atoms with Crippen molar-refractivity contribution < 1.29 is 5.11 Å². The van der Waals surface area contributed by atoms with Crippen molar-refractivity contribution in [3.63, 3.8) is 0 Å². The first-order valence-corrected chi connectivity index (χ1v) is 6.52. The van der Waals surface area contributed by atoms with E-state index in [-0.39, 0.29) is 6.61 Å². The Labute approximate surface area is 104 Å². The van der Waals surface area contributed by atoms with Crippen LogP contribution in [0.1, 0.15) is 11.7 Å². The summed E-state index contributed by atoms with van der Waals surface area (Å²) < 4.78 is 1.89. The summed E-state index contributed by atoms with van der Waals surface area (Å²) in [6.45, 7) is -0.0887. The molecule has 2 aromatic rings. The van der Waals surface area contributed by atoms with Crippen LogP contribution in [0.15, 0.2) is 41.7 Å². The van der Waals surface area contributed by atoms with E-state index in [1.807, 2.05) is 35.1 Å². The van der Waals surface area contributed by atoms with Crippen LogP contribution in [0.5, 0.6) is 0 Å². The SMILES string of the molecule is CSc1ccc(-n2cncc2C(N)CO)cc1. The molecule has 0 saturated heterocycles. The van der Waals surface area contributed by atoms with Gasteiger partial charge in [0.1, 0.15) is 0 Å². The summed E-state index contributed by atoms with van der Waals surface area (Å²) >= 11 is 1.70. The van der Waals surface area contributed by atoms with E-state index in [0.717, 1.165) is 11.4 Å². The lowest BCUT2D eigenvalue weighted by Gasteiger charge is -2.12. The number of aromatic nitrogens is 2. The van der Waals surface area contributed by atoms with E-state index in [9.17, 15) is 0 Å². The van der Waals surface area contributed by atoms with Crippen molar-refractivity contribution in [2.75, 3.05) is 12.9 Å². The monoisotopic (exact) mass is 249 g/mol. The molecule has 0 amide bonds. The fraction of sp³-hybridized carbons (Fsp3) is 0.250. The summed E-state index contributed by atoms with van der Waals surface area (Å²) in [7, 11) is 0. The zero-order valence-electron chi connectivity index (χ0n) is 9.58. The van der Waals surface area contributed by atoms with Gasteiger partial charge in [-0.2, -0.15) is 0 Å². The molecule has 0 saturated carbocycles. The Bertz CT molecular complexity index is 481. The summed E-state index contributed by atoms with van der Waals surface area (Å²) in [5, 5.41) is 9.09. The number of benzene rings is 1. The van der Waals surface area contributed by atoms with Crippen molar-refractivity contribution >= 4 is 11.8 Å². The molecule has 0 aliphatic rings. The Hall–Kier alpha value is -1.30. The van der Waals surface area contributed by atoms with Gasteiger partial charge in [-0.05, 0) is 30.5 Å². The molecule has 3 N–H and O–H groups in total. The lowest BCUT2D eigenvalue weighted by atomic mass is 10.2. The topological polar surface area (TPSA) is 64.1 Å². The van der Waals surface area contributed by atoms with Crippen LogP contribution in [0.2, 0.25) is 0 Å². The maximum absolute atomic E-state index is 9.09. The van der Waals surface area contributed by atoms with Gasteiger partial charge in [0.05, 0.1) is 30.9 Å². The van der Waals surface area contributed by atoms with Crippen molar-refractivity contribution in [2.24, 2.45) is 5.73 Å². The number of thioether (sulfide) groups is 1. The van der Waals surface area contributed by atoms with E-state index in [0.29, 0.717) is 0 Å². The first-order chi connectivity index (χ1) is 8.26. The number of hydrogen-bond donors (Lipinski definition) is 2. The molecule has 4 nitrogen and oxygen atoms in total. The van der Waals surface area contributed by atoms with Gasteiger partial charge in [-0.15, -0.1) is 11.8 Å². The first kappa shape index (κ1) is 12.2. The third-order valence-corrected chi connectivity index (χ3v) is 3.34. The number of hydrogen-bond acceptors (Lipinski definition) is 4. The molecule has 2 rings (SSSR count). The van der Waals surface area contributed by atoms with Crippen LogP contribution in [0.4, 0.5) is 0 Å². The number of imidazole rings is 1. The van der Waals surface area contributed by atoms with Gasteiger partial charge >= 0.3 is 0 Å². The van der Waals surface area contributed by atoms with Crippen molar-refractivity contribution in [1.29, 1.82) is 0 Å². The van der Waals surface area contributed by atoms with E-state index in [4.69, 9.17) is 10.8 Å². The van der Waals surface area contributed by atoms with E-state index in [1.165, 1.54) is 4.90 Å². The Morgan fingerprint density at radius 3 is 2.71 bits per heavy atom. The van der Waals surface area contributed by atoms with E-state index < -0.39 is 6.04 Å². The summed E-state index contributed by atoms with van der Waals surface area (Å²) in [6.07, 6.45) is 5.43. The second-order valence-corrected chi connectivity index (χ2v) is 4.56. The van der Waals surface area contributed by atoms with Gasteiger partial charge in [0.15, 0.2) is 0 Å². The fourth-order valence-electron chi connectivity index (χ4n) is 1.63. The maximum Gasteiger partial charge on any atom is 0.0994 e. The van der Waals surface area contributed by atoms with Gasteiger partial charge in [0, 0.05) is 10.6 Å². The van der Waals surface area contributed by atoms with Crippen LogP contribution in [0.3, 0.4) is 0 Å². The molecule has 1 atom stereocenters. The third kappa shape index (κ3) is 2.52.